The molecule has 0 bridgehead atoms. The van der Waals surface area contributed by atoms with Crippen molar-refractivity contribution < 1.29 is 0 Å². The highest BCUT2D eigenvalue weighted by molar-refractivity contribution is 6.32. The summed E-state index contributed by atoms with van der Waals surface area (Å²) in [5, 5.41) is 0.697. The van der Waals surface area contributed by atoms with Crippen molar-refractivity contribution in [1.82, 2.24) is 15.0 Å². The minimum atomic E-state index is 0.697. The Balaban J connectivity index is 1.73. The lowest BCUT2D eigenvalue weighted by Crippen LogP contribution is -2.47. The molecule has 0 unspecified atom stereocenters. The zero-order chi connectivity index (χ0) is 16.4. The van der Waals surface area contributed by atoms with Crippen LogP contribution in [0.4, 0.5) is 17.6 Å². The molecular formula is C16H21ClN6. The molecule has 0 amide bonds. The number of hydrogen-bond donors (Lipinski definition) is 0. The number of pyridine rings is 1. The summed E-state index contributed by atoms with van der Waals surface area (Å²) in [5.41, 5.74) is 0.980. The Morgan fingerprint density at radius 3 is 2.43 bits per heavy atom. The van der Waals surface area contributed by atoms with Gasteiger partial charge in [-0.2, -0.15) is 4.98 Å². The number of halogens is 1. The van der Waals surface area contributed by atoms with Gasteiger partial charge in [0.05, 0.1) is 5.02 Å². The van der Waals surface area contributed by atoms with Gasteiger partial charge < -0.3 is 14.7 Å². The van der Waals surface area contributed by atoms with Crippen molar-refractivity contribution in [2.45, 2.75) is 6.92 Å². The lowest BCUT2D eigenvalue weighted by molar-refractivity contribution is 0.633. The third kappa shape index (κ3) is 3.47. The summed E-state index contributed by atoms with van der Waals surface area (Å²) in [4.78, 5) is 20.1. The van der Waals surface area contributed by atoms with Crippen LogP contribution in [-0.4, -0.2) is 55.2 Å². The van der Waals surface area contributed by atoms with E-state index in [1.807, 2.05) is 44.1 Å². The van der Waals surface area contributed by atoms with Crippen LogP contribution in [0.25, 0.3) is 0 Å². The fraction of sp³-hybridized carbons (Fsp3) is 0.438. The van der Waals surface area contributed by atoms with Gasteiger partial charge in [0.1, 0.15) is 11.6 Å². The third-order valence-electron chi connectivity index (χ3n) is 3.89. The predicted molar refractivity (Wildman–Crippen MR) is 94.8 cm³/mol. The van der Waals surface area contributed by atoms with E-state index in [-0.39, 0.29) is 0 Å². The van der Waals surface area contributed by atoms with Crippen molar-refractivity contribution in [3.05, 3.63) is 35.1 Å². The molecule has 0 N–H and O–H groups in total. The molecule has 0 aliphatic carbocycles. The molecule has 0 radical (unpaired) electrons. The van der Waals surface area contributed by atoms with Crippen LogP contribution in [-0.2, 0) is 0 Å². The smallest absolute Gasteiger partial charge is 0.227 e. The first-order valence-corrected chi connectivity index (χ1v) is 8.06. The summed E-state index contributed by atoms with van der Waals surface area (Å²) < 4.78 is 0. The number of rotatable bonds is 3. The van der Waals surface area contributed by atoms with Crippen LogP contribution in [0.1, 0.15) is 5.69 Å². The van der Waals surface area contributed by atoms with Crippen molar-refractivity contribution in [2.24, 2.45) is 0 Å². The summed E-state index contributed by atoms with van der Waals surface area (Å²) >= 11 is 6.24. The Morgan fingerprint density at radius 1 is 1.09 bits per heavy atom. The van der Waals surface area contributed by atoms with Crippen LogP contribution in [0.2, 0.25) is 5.02 Å². The molecule has 7 heteroatoms. The van der Waals surface area contributed by atoms with Crippen LogP contribution in [0.15, 0.2) is 24.4 Å². The molecule has 6 nitrogen and oxygen atoms in total. The van der Waals surface area contributed by atoms with Gasteiger partial charge in [0.25, 0.3) is 0 Å². The first kappa shape index (κ1) is 15.8. The molecule has 1 saturated heterocycles. The van der Waals surface area contributed by atoms with E-state index in [0.717, 1.165) is 49.5 Å². The second-order valence-electron chi connectivity index (χ2n) is 5.84. The fourth-order valence-electron chi connectivity index (χ4n) is 2.64. The van der Waals surface area contributed by atoms with Crippen molar-refractivity contribution >= 4 is 29.2 Å². The quantitative estimate of drug-likeness (QED) is 0.859. The number of anilines is 3. The largest absolute Gasteiger partial charge is 0.363 e. The minimum Gasteiger partial charge on any atom is -0.363 e. The predicted octanol–water partition coefficient (Wildman–Crippen LogP) is 2.23. The van der Waals surface area contributed by atoms with Crippen LogP contribution >= 0.6 is 11.6 Å². The van der Waals surface area contributed by atoms with E-state index >= 15 is 0 Å². The van der Waals surface area contributed by atoms with Crippen LogP contribution < -0.4 is 14.7 Å². The standard InChI is InChI=1S/C16H21ClN6/c1-12-11-14(21(2)3)20-16(19-12)23-9-7-22(8-10-23)15-13(17)5-4-6-18-15/h4-6,11H,7-10H2,1-3H3. The first-order valence-electron chi connectivity index (χ1n) is 7.68. The summed E-state index contributed by atoms with van der Waals surface area (Å²) in [6.07, 6.45) is 1.78. The van der Waals surface area contributed by atoms with E-state index < -0.39 is 0 Å². The van der Waals surface area contributed by atoms with Gasteiger partial charge in [-0.15, -0.1) is 0 Å². The average molecular weight is 333 g/mol. The number of aromatic nitrogens is 3. The van der Waals surface area contributed by atoms with Gasteiger partial charge in [-0.1, -0.05) is 11.6 Å². The van der Waals surface area contributed by atoms with Gasteiger partial charge >= 0.3 is 0 Å². The zero-order valence-electron chi connectivity index (χ0n) is 13.7. The number of hydrogen-bond acceptors (Lipinski definition) is 6. The maximum Gasteiger partial charge on any atom is 0.227 e. The summed E-state index contributed by atoms with van der Waals surface area (Å²) in [5.74, 6) is 2.58. The molecular weight excluding hydrogens is 312 g/mol. The summed E-state index contributed by atoms with van der Waals surface area (Å²) in [6.45, 7) is 5.41. The van der Waals surface area contributed by atoms with E-state index in [4.69, 9.17) is 11.6 Å². The molecule has 0 atom stereocenters. The van der Waals surface area contributed by atoms with E-state index in [0.29, 0.717) is 5.02 Å². The molecule has 0 aromatic carbocycles. The number of nitrogens with zero attached hydrogens (tertiary/aromatic N) is 6. The Hall–Kier alpha value is -2.08. The molecule has 3 rings (SSSR count). The SMILES string of the molecule is Cc1cc(N(C)C)nc(N2CCN(c3ncccc3Cl)CC2)n1. The maximum atomic E-state index is 6.24. The lowest BCUT2D eigenvalue weighted by Gasteiger charge is -2.36. The molecule has 2 aromatic rings. The van der Waals surface area contributed by atoms with Crippen molar-refractivity contribution in [2.75, 3.05) is 55.0 Å². The molecule has 122 valence electrons. The van der Waals surface area contributed by atoms with Gasteiger partial charge in [-0.25, -0.2) is 9.97 Å². The van der Waals surface area contributed by atoms with Crippen molar-refractivity contribution in [3.63, 3.8) is 0 Å². The van der Waals surface area contributed by atoms with E-state index in [1.54, 1.807) is 6.20 Å². The number of aryl methyl sites for hydroxylation is 1. The Kier molecular flexibility index (Phi) is 4.52. The van der Waals surface area contributed by atoms with Gasteiger partial charge in [-0.05, 0) is 19.1 Å². The average Bonchev–Trinajstić information content (AvgIpc) is 2.55. The molecule has 23 heavy (non-hydrogen) atoms. The highest BCUT2D eigenvalue weighted by Crippen LogP contribution is 2.24. The molecule has 2 aromatic heterocycles. The molecule has 0 saturated carbocycles. The molecule has 0 spiro atoms. The summed E-state index contributed by atoms with van der Waals surface area (Å²) in [6, 6.07) is 5.72. The van der Waals surface area contributed by atoms with Gasteiger partial charge in [0, 0.05) is 58.2 Å². The highest BCUT2D eigenvalue weighted by atomic mass is 35.5. The molecule has 1 aliphatic heterocycles. The monoisotopic (exact) mass is 332 g/mol. The Bertz CT molecular complexity index is 682. The van der Waals surface area contributed by atoms with E-state index in [1.165, 1.54) is 0 Å². The topological polar surface area (TPSA) is 48.4 Å². The van der Waals surface area contributed by atoms with Crippen molar-refractivity contribution in [1.29, 1.82) is 0 Å². The Morgan fingerprint density at radius 2 is 1.78 bits per heavy atom. The molecule has 1 fully saturated rings. The fourth-order valence-corrected chi connectivity index (χ4v) is 2.88. The molecule has 3 heterocycles. The van der Waals surface area contributed by atoms with Crippen LogP contribution in [0, 0.1) is 6.92 Å². The van der Waals surface area contributed by atoms with Crippen molar-refractivity contribution in [3.8, 4) is 0 Å². The number of piperazine rings is 1. The molecule has 1 aliphatic rings. The first-order chi connectivity index (χ1) is 11.0. The lowest BCUT2D eigenvalue weighted by atomic mass is 10.3. The normalized spacial score (nSPS) is 15.0. The summed E-state index contributed by atoms with van der Waals surface area (Å²) in [7, 11) is 3.99. The second-order valence-corrected chi connectivity index (χ2v) is 6.25. The van der Waals surface area contributed by atoms with Gasteiger partial charge in [0.2, 0.25) is 5.95 Å². The highest BCUT2D eigenvalue weighted by Gasteiger charge is 2.22. The zero-order valence-corrected chi connectivity index (χ0v) is 14.5. The van der Waals surface area contributed by atoms with Gasteiger partial charge in [-0.3, -0.25) is 0 Å². The maximum absolute atomic E-state index is 6.24. The minimum absolute atomic E-state index is 0.697. The van der Waals surface area contributed by atoms with E-state index in [2.05, 4.69) is 24.8 Å². The van der Waals surface area contributed by atoms with Crippen LogP contribution in [0.3, 0.4) is 0 Å². The van der Waals surface area contributed by atoms with E-state index in [9.17, 15) is 0 Å². The van der Waals surface area contributed by atoms with Crippen LogP contribution in [0.5, 0.6) is 0 Å². The Labute approximate surface area is 141 Å². The third-order valence-corrected chi connectivity index (χ3v) is 4.18. The van der Waals surface area contributed by atoms with Gasteiger partial charge in [0.15, 0.2) is 0 Å². The second kappa shape index (κ2) is 6.58.